The van der Waals surface area contributed by atoms with Gasteiger partial charge in [-0.25, -0.2) is 10.9 Å². The monoisotopic (exact) mass is 475 g/mol. The number of hydrogen-bond acceptors (Lipinski definition) is 5. The molecule has 7 heteroatoms. The molecule has 1 aromatic heterocycles. The van der Waals surface area contributed by atoms with E-state index in [4.69, 9.17) is 0 Å². The van der Waals surface area contributed by atoms with Crippen molar-refractivity contribution in [2.24, 2.45) is 10.2 Å². The van der Waals surface area contributed by atoms with Gasteiger partial charge in [-0.15, -0.1) is 0 Å². The van der Waals surface area contributed by atoms with Crippen LogP contribution in [0.25, 0.3) is 11.1 Å². The molecule has 178 valence electrons. The fourth-order valence-corrected chi connectivity index (χ4v) is 3.49. The summed E-state index contributed by atoms with van der Waals surface area (Å²) in [5.41, 5.74) is 10.0. The molecule has 0 aliphatic rings. The Morgan fingerprint density at radius 2 is 1.14 bits per heavy atom. The van der Waals surface area contributed by atoms with E-state index >= 15 is 0 Å². The average Bonchev–Trinajstić information content (AvgIpc) is 2.95. The summed E-state index contributed by atoms with van der Waals surface area (Å²) in [6.07, 6.45) is 1.38. The van der Waals surface area contributed by atoms with Crippen LogP contribution in [0.5, 0.6) is 0 Å². The van der Waals surface area contributed by atoms with Crippen LogP contribution >= 0.6 is 0 Å². The SMILES string of the molecule is CC(=NNC(=O)c1cc(-c2ccccc2)c(C(=O)NN=C(C)c2ccccc2)cn1)c1ccccc1. The zero-order chi connectivity index (χ0) is 25.3. The highest BCUT2D eigenvalue weighted by Crippen LogP contribution is 2.24. The number of carbonyl (C=O) groups is 2. The van der Waals surface area contributed by atoms with Gasteiger partial charge in [0.25, 0.3) is 11.8 Å². The van der Waals surface area contributed by atoms with Crippen molar-refractivity contribution < 1.29 is 9.59 Å². The third-order valence-electron chi connectivity index (χ3n) is 5.50. The van der Waals surface area contributed by atoms with Gasteiger partial charge in [-0.3, -0.25) is 14.6 Å². The molecule has 3 aromatic carbocycles. The van der Waals surface area contributed by atoms with Crippen LogP contribution < -0.4 is 10.9 Å². The van der Waals surface area contributed by atoms with Crippen molar-refractivity contribution >= 4 is 23.2 Å². The van der Waals surface area contributed by atoms with E-state index in [1.54, 1.807) is 6.07 Å². The lowest BCUT2D eigenvalue weighted by molar-refractivity contribution is 0.0939. The van der Waals surface area contributed by atoms with Gasteiger partial charge in [0.1, 0.15) is 5.69 Å². The molecule has 7 nitrogen and oxygen atoms in total. The highest BCUT2D eigenvalue weighted by atomic mass is 16.2. The predicted molar refractivity (Wildman–Crippen MR) is 142 cm³/mol. The maximum absolute atomic E-state index is 13.0. The van der Waals surface area contributed by atoms with E-state index in [-0.39, 0.29) is 5.69 Å². The number of rotatable bonds is 7. The zero-order valence-electron chi connectivity index (χ0n) is 20.0. The summed E-state index contributed by atoms with van der Waals surface area (Å²) in [6, 6.07) is 30.0. The second kappa shape index (κ2) is 11.5. The third kappa shape index (κ3) is 5.95. The Morgan fingerprint density at radius 1 is 0.667 bits per heavy atom. The lowest BCUT2D eigenvalue weighted by Crippen LogP contribution is -2.23. The number of nitrogens with one attached hydrogen (secondary N) is 2. The summed E-state index contributed by atoms with van der Waals surface area (Å²) in [7, 11) is 0. The third-order valence-corrected chi connectivity index (χ3v) is 5.50. The van der Waals surface area contributed by atoms with Crippen molar-refractivity contribution in [1.82, 2.24) is 15.8 Å². The van der Waals surface area contributed by atoms with Crippen LogP contribution in [-0.2, 0) is 0 Å². The molecule has 0 radical (unpaired) electrons. The van der Waals surface area contributed by atoms with E-state index < -0.39 is 11.8 Å². The molecule has 0 saturated heterocycles. The molecule has 0 fully saturated rings. The van der Waals surface area contributed by atoms with Crippen LogP contribution in [0.4, 0.5) is 0 Å². The lowest BCUT2D eigenvalue weighted by atomic mass is 10.00. The minimum Gasteiger partial charge on any atom is -0.267 e. The van der Waals surface area contributed by atoms with E-state index in [1.165, 1.54) is 6.20 Å². The molecule has 4 aromatic rings. The number of carbonyl (C=O) groups excluding carboxylic acids is 2. The Hall–Kier alpha value is -4.91. The highest BCUT2D eigenvalue weighted by Gasteiger charge is 2.17. The van der Waals surface area contributed by atoms with E-state index in [0.29, 0.717) is 22.6 Å². The summed E-state index contributed by atoms with van der Waals surface area (Å²) in [4.78, 5) is 30.1. The molecular formula is C29H25N5O2. The number of benzene rings is 3. The molecule has 36 heavy (non-hydrogen) atoms. The van der Waals surface area contributed by atoms with Gasteiger partial charge in [0, 0.05) is 6.20 Å². The summed E-state index contributed by atoms with van der Waals surface area (Å²) in [6.45, 7) is 3.63. The number of aromatic nitrogens is 1. The molecule has 2 N–H and O–H groups in total. The first-order chi connectivity index (χ1) is 17.5. The second-order valence-electron chi connectivity index (χ2n) is 7.99. The minimum absolute atomic E-state index is 0.138. The maximum Gasteiger partial charge on any atom is 0.289 e. The van der Waals surface area contributed by atoms with Gasteiger partial charge in [-0.05, 0) is 42.2 Å². The number of hydrogen-bond donors (Lipinski definition) is 2. The van der Waals surface area contributed by atoms with Crippen LogP contribution in [0.15, 0.2) is 113 Å². The van der Waals surface area contributed by atoms with Crippen molar-refractivity contribution in [3.05, 3.63) is 126 Å². The first kappa shape index (κ1) is 24.2. The highest BCUT2D eigenvalue weighted by molar-refractivity contribution is 6.05. The number of hydrazone groups is 2. The van der Waals surface area contributed by atoms with Gasteiger partial charge in [-0.2, -0.15) is 10.2 Å². The largest absolute Gasteiger partial charge is 0.289 e. The Labute approximate surface area is 209 Å². The van der Waals surface area contributed by atoms with Crippen LogP contribution in [-0.4, -0.2) is 28.2 Å². The van der Waals surface area contributed by atoms with Crippen LogP contribution in [0, 0.1) is 0 Å². The molecule has 1 heterocycles. The molecule has 0 bridgehead atoms. The van der Waals surface area contributed by atoms with Gasteiger partial charge in [0.15, 0.2) is 0 Å². The molecule has 2 amide bonds. The molecule has 0 saturated carbocycles. The van der Waals surface area contributed by atoms with Crippen molar-refractivity contribution in [2.45, 2.75) is 13.8 Å². The molecule has 0 unspecified atom stereocenters. The normalized spacial score (nSPS) is 11.6. The average molecular weight is 476 g/mol. The standard InChI is InChI=1S/C29H25N5O2/c1-20(22-12-6-3-7-13-22)31-33-28(35)26-19-30-27(18-25(26)24-16-10-5-11-17-24)29(36)34-32-21(2)23-14-8-4-9-15-23/h3-19H,1-2H3,(H,33,35)(H,34,36). The molecule has 0 aliphatic carbocycles. The molecule has 4 rings (SSSR count). The quantitative estimate of drug-likeness (QED) is 0.289. The van der Waals surface area contributed by atoms with E-state index in [9.17, 15) is 9.59 Å². The Morgan fingerprint density at radius 3 is 1.67 bits per heavy atom. The summed E-state index contributed by atoms with van der Waals surface area (Å²) in [5, 5.41) is 8.42. The Bertz CT molecular complexity index is 1420. The Kier molecular flexibility index (Phi) is 7.73. The zero-order valence-corrected chi connectivity index (χ0v) is 20.0. The van der Waals surface area contributed by atoms with Crippen molar-refractivity contribution in [2.75, 3.05) is 0 Å². The topological polar surface area (TPSA) is 95.8 Å². The van der Waals surface area contributed by atoms with E-state index in [0.717, 1.165) is 16.7 Å². The minimum atomic E-state index is -0.479. The Balaban J connectivity index is 1.59. The lowest BCUT2D eigenvalue weighted by Gasteiger charge is -2.11. The summed E-state index contributed by atoms with van der Waals surface area (Å²) in [5.74, 6) is -0.908. The predicted octanol–water partition coefficient (Wildman–Crippen LogP) is 5.06. The van der Waals surface area contributed by atoms with E-state index in [2.05, 4.69) is 26.0 Å². The van der Waals surface area contributed by atoms with Crippen LogP contribution in [0.2, 0.25) is 0 Å². The fraction of sp³-hybridized carbons (Fsp3) is 0.0690. The summed E-state index contributed by atoms with van der Waals surface area (Å²) >= 11 is 0. The first-order valence-electron chi connectivity index (χ1n) is 11.4. The van der Waals surface area contributed by atoms with Crippen LogP contribution in [0.1, 0.15) is 45.8 Å². The van der Waals surface area contributed by atoms with Gasteiger partial charge >= 0.3 is 0 Å². The fourth-order valence-electron chi connectivity index (χ4n) is 3.49. The van der Waals surface area contributed by atoms with Gasteiger partial charge in [0.05, 0.1) is 17.0 Å². The number of amides is 2. The van der Waals surface area contributed by atoms with Crippen molar-refractivity contribution in [3.8, 4) is 11.1 Å². The smallest absolute Gasteiger partial charge is 0.267 e. The van der Waals surface area contributed by atoms with Gasteiger partial charge in [-0.1, -0.05) is 91.0 Å². The summed E-state index contributed by atoms with van der Waals surface area (Å²) < 4.78 is 0. The molecule has 0 aliphatic heterocycles. The van der Waals surface area contributed by atoms with Gasteiger partial charge in [0.2, 0.25) is 0 Å². The molecule has 0 spiro atoms. The van der Waals surface area contributed by atoms with E-state index in [1.807, 2.05) is 105 Å². The van der Waals surface area contributed by atoms with Crippen molar-refractivity contribution in [1.29, 1.82) is 0 Å². The number of nitrogens with zero attached hydrogens (tertiary/aromatic N) is 3. The second-order valence-corrected chi connectivity index (χ2v) is 7.99. The molecular weight excluding hydrogens is 450 g/mol. The number of pyridine rings is 1. The maximum atomic E-state index is 13.0. The first-order valence-corrected chi connectivity index (χ1v) is 11.4. The van der Waals surface area contributed by atoms with Crippen molar-refractivity contribution in [3.63, 3.8) is 0 Å². The van der Waals surface area contributed by atoms with Crippen LogP contribution in [0.3, 0.4) is 0 Å². The van der Waals surface area contributed by atoms with Gasteiger partial charge < -0.3 is 0 Å². The molecule has 0 atom stereocenters.